The number of nitro benzene ring substituents is 1. The van der Waals surface area contributed by atoms with Crippen LogP contribution in [0.3, 0.4) is 0 Å². The number of esters is 1. The average molecular weight is 412 g/mol. The fourth-order valence-corrected chi connectivity index (χ4v) is 3.81. The molecule has 1 N–H and O–H groups in total. The number of thiophene rings is 1. The molecule has 3 aromatic rings. The Morgan fingerprint density at radius 1 is 1.28 bits per heavy atom. The number of carbonyl (C=O) groups is 2. The van der Waals surface area contributed by atoms with Crippen LogP contribution in [0, 0.1) is 10.1 Å². The number of hydrogen-bond donors (Lipinski definition) is 1. The molecule has 0 saturated carbocycles. The topological polar surface area (TPSA) is 142 Å². The number of carbonyl (C=O) groups excluding carboxylic acids is 2. The minimum atomic E-state index is -0.766. The second-order valence-corrected chi connectivity index (χ2v) is 6.88. The van der Waals surface area contributed by atoms with Gasteiger partial charge in [-0.05, 0) is 34.0 Å². The summed E-state index contributed by atoms with van der Waals surface area (Å²) < 4.78 is 6.24. The van der Waals surface area contributed by atoms with E-state index in [2.05, 4.69) is 20.8 Å². The number of fused-ring (bicyclic) bond motifs is 1. The second kappa shape index (κ2) is 7.24. The molecule has 2 aromatic heterocycles. The van der Waals surface area contributed by atoms with Crippen molar-refractivity contribution in [3.05, 3.63) is 73.6 Å². The van der Waals surface area contributed by atoms with Gasteiger partial charge in [0, 0.05) is 22.6 Å². The maximum atomic E-state index is 13.4. The molecule has 0 saturated heterocycles. The van der Waals surface area contributed by atoms with Crippen molar-refractivity contribution in [1.29, 1.82) is 0 Å². The van der Waals surface area contributed by atoms with Crippen LogP contribution in [0.1, 0.15) is 21.3 Å². The van der Waals surface area contributed by atoms with Crippen molar-refractivity contribution >= 4 is 34.7 Å². The van der Waals surface area contributed by atoms with Crippen molar-refractivity contribution < 1.29 is 19.2 Å². The number of non-ortho nitro benzene ring substituents is 1. The van der Waals surface area contributed by atoms with Gasteiger partial charge >= 0.3 is 5.97 Å². The standard InChI is InChI=1S/C17H12N6O5S/c1-28-16(25)13-12(15(24)9-4-6-10(7-5-9)23(26)27)14(11-3-2-8-29-11)22-17(18-13)19-20-21-22/h2-8,14H,1H3,(H,18,19,21)/t14-/m1/s1. The molecule has 1 atom stereocenters. The molecule has 1 aliphatic rings. The average Bonchev–Trinajstić information content (AvgIpc) is 3.43. The van der Waals surface area contributed by atoms with E-state index < -0.39 is 22.7 Å². The van der Waals surface area contributed by atoms with Crippen LogP contribution in [0.15, 0.2) is 53.0 Å². The van der Waals surface area contributed by atoms with E-state index in [0.717, 1.165) is 4.88 Å². The monoisotopic (exact) mass is 412 g/mol. The quantitative estimate of drug-likeness (QED) is 0.288. The van der Waals surface area contributed by atoms with E-state index in [9.17, 15) is 19.7 Å². The molecule has 4 rings (SSSR count). The number of nitrogens with one attached hydrogen (secondary N) is 1. The van der Waals surface area contributed by atoms with E-state index in [-0.39, 0.29) is 28.5 Å². The van der Waals surface area contributed by atoms with E-state index in [1.54, 1.807) is 12.1 Å². The molecule has 29 heavy (non-hydrogen) atoms. The first-order valence-corrected chi connectivity index (χ1v) is 9.09. The SMILES string of the molecule is COC(=O)C1=C(C(=O)c2ccc([N+](=O)[O-])cc2)[C@@H](c2cccs2)n2nnnc2N1. The third-order valence-corrected chi connectivity index (χ3v) is 5.23. The Balaban J connectivity index is 1.89. The first-order chi connectivity index (χ1) is 14.0. The number of aromatic nitrogens is 4. The number of methoxy groups -OCH3 is 1. The molecule has 12 heteroatoms. The lowest BCUT2D eigenvalue weighted by molar-refractivity contribution is -0.384. The Labute approximate surface area is 166 Å². The molecular weight excluding hydrogens is 400 g/mol. The fourth-order valence-electron chi connectivity index (χ4n) is 2.99. The van der Waals surface area contributed by atoms with Crippen LogP contribution in [0.4, 0.5) is 11.6 Å². The van der Waals surface area contributed by atoms with Gasteiger partial charge in [-0.25, -0.2) is 4.79 Å². The van der Waals surface area contributed by atoms with Crippen LogP contribution >= 0.6 is 11.3 Å². The van der Waals surface area contributed by atoms with Crippen molar-refractivity contribution in [2.45, 2.75) is 6.04 Å². The van der Waals surface area contributed by atoms with Gasteiger partial charge in [-0.2, -0.15) is 4.68 Å². The highest BCUT2D eigenvalue weighted by molar-refractivity contribution is 7.10. The van der Waals surface area contributed by atoms with Gasteiger partial charge in [-0.15, -0.1) is 11.3 Å². The van der Waals surface area contributed by atoms with Gasteiger partial charge in [0.05, 0.1) is 17.6 Å². The number of anilines is 1. The molecule has 0 radical (unpaired) electrons. The largest absolute Gasteiger partial charge is 0.464 e. The molecule has 146 valence electrons. The number of ketones is 1. The lowest BCUT2D eigenvalue weighted by Crippen LogP contribution is -2.32. The number of allylic oxidation sites excluding steroid dienone is 1. The van der Waals surface area contributed by atoms with Crippen molar-refractivity contribution in [2.75, 3.05) is 12.4 Å². The van der Waals surface area contributed by atoms with Gasteiger partial charge in [0.1, 0.15) is 11.7 Å². The first-order valence-electron chi connectivity index (χ1n) is 8.21. The normalized spacial score (nSPS) is 15.4. The third-order valence-electron chi connectivity index (χ3n) is 4.30. The Hall–Kier alpha value is -3.93. The minimum absolute atomic E-state index is 0.0768. The summed E-state index contributed by atoms with van der Waals surface area (Å²) in [4.78, 5) is 36.9. The zero-order chi connectivity index (χ0) is 20.5. The van der Waals surface area contributed by atoms with Gasteiger partial charge in [-0.1, -0.05) is 11.2 Å². The summed E-state index contributed by atoms with van der Waals surface area (Å²) >= 11 is 1.37. The number of ether oxygens (including phenoxy) is 1. The van der Waals surface area contributed by atoms with Gasteiger partial charge in [0.25, 0.3) is 5.69 Å². The van der Waals surface area contributed by atoms with E-state index in [4.69, 9.17) is 4.74 Å². The summed E-state index contributed by atoms with van der Waals surface area (Å²) in [6.07, 6.45) is 0. The molecular formula is C17H12N6O5S. The van der Waals surface area contributed by atoms with Crippen molar-refractivity contribution in [3.63, 3.8) is 0 Å². The van der Waals surface area contributed by atoms with Gasteiger partial charge in [0.2, 0.25) is 5.95 Å². The predicted octanol–water partition coefficient (Wildman–Crippen LogP) is 1.97. The smallest absolute Gasteiger partial charge is 0.355 e. The fraction of sp³-hybridized carbons (Fsp3) is 0.118. The highest BCUT2D eigenvalue weighted by Crippen LogP contribution is 2.38. The Morgan fingerprint density at radius 2 is 2.03 bits per heavy atom. The summed E-state index contributed by atoms with van der Waals surface area (Å²) in [6.45, 7) is 0. The zero-order valence-corrected chi connectivity index (χ0v) is 15.6. The first kappa shape index (κ1) is 18.4. The van der Waals surface area contributed by atoms with Gasteiger partial charge in [0.15, 0.2) is 5.78 Å². The molecule has 11 nitrogen and oxygen atoms in total. The van der Waals surface area contributed by atoms with E-state index in [1.165, 1.54) is 47.4 Å². The maximum Gasteiger partial charge on any atom is 0.355 e. The number of tetrazole rings is 1. The highest BCUT2D eigenvalue weighted by atomic mass is 32.1. The summed E-state index contributed by atoms with van der Waals surface area (Å²) in [5, 5.41) is 26.9. The second-order valence-electron chi connectivity index (χ2n) is 5.90. The predicted molar refractivity (Wildman–Crippen MR) is 100 cm³/mol. The molecule has 1 aliphatic heterocycles. The molecule has 0 fully saturated rings. The summed E-state index contributed by atoms with van der Waals surface area (Å²) in [5.74, 6) is -1.08. The molecule has 0 bridgehead atoms. The van der Waals surface area contributed by atoms with Crippen molar-refractivity contribution in [3.8, 4) is 0 Å². The number of benzene rings is 1. The van der Waals surface area contributed by atoms with Gasteiger partial charge in [-0.3, -0.25) is 14.9 Å². The molecule has 1 aromatic carbocycles. The lowest BCUT2D eigenvalue weighted by Gasteiger charge is -2.27. The number of Topliss-reactive ketones (excluding diaryl/α,β-unsaturated/α-hetero) is 1. The van der Waals surface area contributed by atoms with Crippen LogP contribution < -0.4 is 5.32 Å². The van der Waals surface area contributed by atoms with E-state index in [0.29, 0.717) is 0 Å². The summed E-state index contributed by atoms with van der Waals surface area (Å²) in [5.41, 5.74) is 0.0134. The maximum absolute atomic E-state index is 13.4. The third kappa shape index (κ3) is 3.14. The van der Waals surface area contributed by atoms with Crippen LogP contribution in [0.5, 0.6) is 0 Å². The van der Waals surface area contributed by atoms with Gasteiger partial charge < -0.3 is 10.1 Å². The van der Waals surface area contributed by atoms with Crippen LogP contribution in [-0.4, -0.2) is 44.0 Å². The number of rotatable bonds is 5. The highest BCUT2D eigenvalue weighted by Gasteiger charge is 2.39. The Kier molecular flexibility index (Phi) is 4.60. The summed E-state index contributed by atoms with van der Waals surface area (Å²) in [6, 6.07) is 7.96. The van der Waals surface area contributed by atoms with Crippen LogP contribution in [0.25, 0.3) is 0 Å². The van der Waals surface area contributed by atoms with Crippen LogP contribution in [-0.2, 0) is 9.53 Å². The molecule has 0 unspecified atom stereocenters. The zero-order valence-electron chi connectivity index (χ0n) is 14.8. The number of nitrogens with zero attached hydrogens (tertiary/aromatic N) is 5. The van der Waals surface area contributed by atoms with Crippen molar-refractivity contribution in [1.82, 2.24) is 20.2 Å². The minimum Gasteiger partial charge on any atom is -0.464 e. The number of hydrogen-bond acceptors (Lipinski definition) is 10. The molecule has 0 amide bonds. The van der Waals surface area contributed by atoms with Crippen molar-refractivity contribution in [2.24, 2.45) is 0 Å². The number of nitro groups is 1. The summed E-state index contributed by atoms with van der Waals surface area (Å²) in [7, 11) is 1.20. The molecule has 0 spiro atoms. The molecule has 3 heterocycles. The van der Waals surface area contributed by atoms with E-state index in [1.807, 2.05) is 5.38 Å². The Morgan fingerprint density at radius 3 is 2.66 bits per heavy atom. The van der Waals surface area contributed by atoms with Crippen LogP contribution in [0.2, 0.25) is 0 Å². The van der Waals surface area contributed by atoms with E-state index >= 15 is 0 Å². The Bertz CT molecular complexity index is 1140. The molecule has 0 aliphatic carbocycles. The lowest BCUT2D eigenvalue weighted by atomic mass is 9.92.